The summed E-state index contributed by atoms with van der Waals surface area (Å²) in [7, 11) is 0. The summed E-state index contributed by atoms with van der Waals surface area (Å²) >= 11 is 0.750. The molecule has 0 bridgehead atoms. The number of hydrogen-bond donors (Lipinski definition) is 0. The van der Waals surface area contributed by atoms with Crippen molar-refractivity contribution in [2.24, 2.45) is 0 Å². The third-order valence-corrected chi connectivity index (χ3v) is 0. The Morgan fingerprint density at radius 2 is 1.25 bits per heavy atom. The molecule has 0 amide bonds. The summed E-state index contributed by atoms with van der Waals surface area (Å²) < 4.78 is 8.25. The molecule has 19 valence electrons. The molecule has 1 radical (unpaired) electrons. The second-order valence-corrected chi connectivity index (χ2v) is 0. The van der Waals surface area contributed by atoms with E-state index in [-0.39, 0.29) is 48.2 Å². The maximum Gasteiger partial charge on any atom is 0 e. The minimum atomic E-state index is 0. The molecule has 0 fully saturated rings. The van der Waals surface area contributed by atoms with Crippen LogP contribution >= 0.6 is 0 Å². The standard InChI is InChI=1S/Hf.O.Ta.Ti. The zero-order valence-corrected chi connectivity index (χ0v) is 10.2. The fourth-order valence-corrected chi connectivity index (χ4v) is 0. The van der Waals surface area contributed by atoms with Gasteiger partial charge in [-0.1, -0.05) is 0 Å². The van der Waals surface area contributed by atoms with Gasteiger partial charge in [-0.05, 0) is 0 Å². The Hall–Kier alpha value is 2.12. The van der Waals surface area contributed by atoms with Crippen molar-refractivity contribution in [3.63, 3.8) is 0 Å². The van der Waals surface area contributed by atoms with Gasteiger partial charge >= 0.3 is 23.7 Å². The van der Waals surface area contributed by atoms with E-state index in [4.69, 9.17) is 3.32 Å². The van der Waals surface area contributed by atoms with Crippen molar-refractivity contribution in [2.45, 2.75) is 0 Å². The van der Waals surface area contributed by atoms with Crippen molar-refractivity contribution in [3.8, 4) is 0 Å². The summed E-state index contributed by atoms with van der Waals surface area (Å²) in [5, 5.41) is 0. The molecule has 4 heteroatoms. The molecule has 0 spiro atoms. The van der Waals surface area contributed by atoms with Crippen LogP contribution in [0.3, 0.4) is 0 Å². The Morgan fingerprint density at radius 3 is 1.25 bits per heavy atom. The van der Waals surface area contributed by atoms with E-state index in [1.165, 1.54) is 0 Å². The first-order chi connectivity index (χ1) is 1.00. The van der Waals surface area contributed by atoms with Gasteiger partial charge in [-0.3, -0.25) is 0 Å². The minimum Gasteiger partial charge on any atom is 0 e. The third kappa shape index (κ3) is 8.92. The molecule has 0 heterocycles. The zero-order chi connectivity index (χ0) is 2.00. The topological polar surface area (TPSA) is 17.1 Å². The van der Waals surface area contributed by atoms with Gasteiger partial charge in [-0.2, -0.15) is 0 Å². The first-order valence-corrected chi connectivity index (χ1v) is 0.842. The molecule has 0 saturated heterocycles. The van der Waals surface area contributed by atoms with Crippen molar-refractivity contribution in [1.82, 2.24) is 0 Å². The van der Waals surface area contributed by atoms with Gasteiger partial charge in [0.05, 0.1) is 0 Å². The van der Waals surface area contributed by atoms with E-state index < -0.39 is 0 Å². The molecule has 4 heavy (non-hydrogen) atoms. The second-order valence-electron chi connectivity index (χ2n) is 0. The summed E-state index contributed by atoms with van der Waals surface area (Å²) in [5.41, 5.74) is 0. The first-order valence-electron chi connectivity index (χ1n) is 0.204. The SMILES string of the molecule is [Hf].[O]=[Ti].[Ta]. The number of hydrogen-bond acceptors (Lipinski definition) is 1. The molecule has 0 aromatic carbocycles. The molecular formula is HfOTaTi. The van der Waals surface area contributed by atoms with Crippen LogP contribution in [-0.4, -0.2) is 0 Å². The summed E-state index contributed by atoms with van der Waals surface area (Å²) in [6.45, 7) is 0. The number of rotatable bonds is 0. The van der Waals surface area contributed by atoms with Crippen molar-refractivity contribution in [2.75, 3.05) is 0 Å². The molecule has 0 aliphatic rings. The molecule has 0 atom stereocenters. The Balaban J connectivity index is -0.00000000500. The van der Waals surface area contributed by atoms with E-state index in [0.717, 1.165) is 20.4 Å². The van der Waals surface area contributed by atoms with E-state index in [2.05, 4.69) is 0 Å². The molecule has 0 aliphatic carbocycles. The Kier molecular flexibility index (Phi) is 79.5. The van der Waals surface area contributed by atoms with Gasteiger partial charge in [-0.25, -0.2) is 0 Å². The molecule has 0 aromatic rings. The summed E-state index contributed by atoms with van der Waals surface area (Å²) in [4.78, 5) is 0. The fourth-order valence-electron chi connectivity index (χ4n) is 0. The summed E-state index contributed by atoms with van der Waals surface area (Å²) in [6.07, 6.45) is 0. The monoisotopic (exact) mass is 425 g/mol. The van der Waals surface area contributed by atoms with Crippen LogP contribution in [0.25, 0.3) is 0 Å². The van der Waals surface area contributed by atoms with Crippen LogP contribution < -0.4 is 0 Å². The summed E-state index contributed by atoms with van der Waals surface area (Å²) in [6, 6.07) is 0. The van der Waals surface area contributed by atoms with Crippen LogP contribution in [0.15, 0.2) is 0 Å². The van der Waals surface area contributed by atoms with Gasteiger partial charge < -0.3 is 0 Å². The van der Waals surface area contributed by atoms with Gasteiger partial charge in [0.2, 0.25) is 0 Å². The quantitative estimate of drug-likeness (QED) is 0.497. The average molecular weight is 423 g/mol. The van der Waals surface area contributed by atoms with Crippen molar-refractivity contribution >= 4 is 0 Å². The van der Waals surface area contributed by atoms with Crippen LogP contribution in [0.4, 0.5) is 0 Å². The smallest absolute Gasteiger partial charge is 0 e. The third-order valence-electron chi connectivity index (χ3n) is 0. The molecule has 0 aromatic heterocycles. The van der Waals surface area contributed by atoms with E-state index >= 15 is 0 Å². The van der Waals surface area contributed by atoms with E-state index in [1.54, 1.807) is 0 Å². The Labute approximate surface area is 70.9 Å². The summed E-state index contributed by atoms with van der Waals surface area (Å²) in [5.74, 6) is 0. The maximum absolute atomic E-state index is 8.25. The van der Waals surface area contributed by atoms with Crippen LogP contribution in [0.1, 0.15) is 0 Å². The molecule has 0 unspecified atom stereocenters. The average Bonchev–Trinajstić information content (AvgIpc) is 1.00. The molecular weight excluding hydrogens is 423 g/mol. The molecule has 1 nitrogen and oxygen atoms in total. The van der Waals surface area contributed by atoms with Crippen LogP contribution in [0.5, 0.6) is 0 Å². The normalized spacial score (nSPS) is 0.750. The van der Waals surface area contributed by atoms with Crippen LogP contribution in [0.2, 0.25) is 0 Å². The fraction of sp³-hybridized carbons (Fsp3) is 0. The van der Waals surface area contributed by atoms with E-state index in [1.807, 2.05) is 0 Å². The van der Waals surface area contributed by atoms with Crippen molar-refractivity contribution < 1.29 is 72.0 Å². The van der Waals surface area contributed by atoms with Gasteiger partial charge in [0, 0.05) is 48.2 Å². The zero-order valence-electron chi connectivity index (χ0n) is 1.86. The predicted molar refractivity (Wildman–Crippen MR) is 0.686 cm³/mol. The largest absolute Gasteiger partial charge is 0 e. The maximum atomic E-state index is 8.25. The van der Waals surface area contributed by atoms with Crippen molar-refractivity contribution in [1.29, 1.82) is 0 Å². The first kappa shape index (κ1) is 16.5. The van der Waals surface area contributed by atoms with Gasteiger partial charge in [0.1, 0.15) is 0 Å². The molecule has 0 saturated carbocycles. The minimum absolute atomic E-state index is 0. The van der Waals surface area contributed by atoms with Gasteiger partial charge in [0.25, 0.3) is 0 Å². The molecule has 0 N–H and O–H groups in total. The second kappa shape index (κ2) is 19.3. The Bertz CT molecular complexity index is 8.00. The van der Waals surface area contributed by atoms with Gasteiger partial charge in [-0.15, -0.1) is 0 Å². The van der Waals surface area contributed by atoms with Gasteiger partial charge in [0.15, 0.2) is 0 Å². The predicted octanol–water partition coefficient (Wildman–Crippen LogP) is -0.126. The van der Waals surface area contributed by atoms with Crippen LogP contribution in [0, 0.1) is 0 Å². The van der Waals surface area contributed by atoms with E-state index in [0.29, 0.717) is 0 Å². The molecule has 0 aliphatic heterocycles. The molecule has 0 rings (SSSR count). The van der Waals surface area contributed by atoms with Crippen molar-refractivity contribution in [3.05, 3.63) is 0 Å². The van der Waals surface area contributed by atoms with Crippen LogP contribution in [-0.2, 0) is 72.0 Å². The van der Waals surface area contributed by atoms with E-state index in [9.17, 15) is 0 Å². The Morgan fingerprint density at radius 1 is 1.25 bits per heavy atom.